The molecule has 0 radical (unpaired) electrons. The predicted molar refractivity (Wildman–Crippen MR) is 193 cm³/mol. The zero-order valence-electron chi connectivity index (χ0n) is 28.8. The van der Waals surface area contributed by atoms with E-state index in [9.17, 15) is 19.5 Å². The van der Waals surface area contributed by atoms with E-state index < -0.39 is 41.5 Å². The molecule has 1 amide bonds. The van der Waals surface area contributed by atoms with Crippen molar-refractivity contribution in [1.29, 1.82) is 0 Å². The maximum Gasteiger partial charge on any atom is 0.407 e. The van der Waals surface area contributed by atoms with Gasteiger partial charge in [-0.05, 0) is 78.5 Å². The molecule has 0 fully saturated rings. The highest BCUT2D eigenvalue weighted by Crippen LogP contribution is 2.26. The monoisotopic (exact) mass is 664 g/mol. The van der Waals surface area contributed by atoms with Gasteiger partial charge in [0.15, 0.2) is 0 Å². The van der Waals surface area contributed by atoms with E-state index in [0.29, 0.717) is 25.7 Å². The molecule has 4 aromatic carbocycles. The van der Waals surface area contributed by atoms with Gasteiger partial charge in [-0.15, -0.1) is 0 Å². The summed E-state index contributed by atoms with van der Waals surface area (Å²) in [4.78, 5) is 36.1. The second-order valence-corrected chi connectivity index (χ2v) is 13.7. The molecule has 0 aliphatic heterocycles. The highest BCUT2D eigenvalue weighted by Gasteiger charge is 2.27. The quantitative estimate of drug-likeness (QED) is 0.0960. The van der Waals surface area contributed by atoms with E-state index in [-0.39, 0.29) is 12.5 Å². The maximum atomic E-state index is 13.2. The maximum absolute atomic E-state index is 13.2. The Hall–Kier alpha value is -4.95. The van der Waals surface area contributed by atoms with Gasteiger partial charge in [0.05, 0.1) is 11.8 Å². The lowest BCUT2D eigenvalue weighted by atomic mass is 9.93. The van der Waals surface area contributed by atoms with E-state index >= 15 is 0 Å². The average molecular weight is 665 g/mol. The van der Waals surface area contributed by atoms with Crippen LogP contribution in [0.5, 0.6) is 0 Å². The van der Waals surface area contributed by atoms with Crippen LogP contribution in [0.2, 0.25) is 0 Å². The molecule has 0 bridgehead atoms. The van der Waals surface area contributed by atoms with Gasteiger partial charge in [0.25, 0.3) is 0 Å². The molecular weight excluding hydrogens is 616 g/mol. The molecule has 4 aromatic rings. The highest BCUT2D eigenvalue weighted by atomic mass is 16.6. The minimum atomic E-state index is -0.914. The van der Waals surface area contributed by atoms with Crippen LogP contribution in [0.15, 0.2) is 103 Å². The number of aliphatic carboxylic acids is 2. The van der Waals surface area contributed by atoms with Gasteiger partial charge in [-0.1, -0.05) is 117 Å². The molecule has 0 saturated carbocycles. The molecule has 8 heteroatoms. The Morgan fingerprint density at radius 3 is 1.78 bits per heavy atom. The molecule has 1 unspecified atom stereocenters. The molecule has 0 aliphatic carbocycles. The molecule has 5 N–H and O–H groups in total. The first-order valence-corrected chi connectivity index (χ1v) is 16.8. The SMILES string of the molecule is C[C@H](CC(Cc1ccc(-c2ccccc2)cc1)NC(=O)OC(C)(C)Cc1cccc(-c2ccc(C[C@@H](N)C[C@@H](C)C(=O)O)cc2)c1)C(=O)O. The Bertz CT molecular complexity index is 1690. The lowest BCUT2D eigenvalue weighted by Crippen LogP contribution is -2.43. The molecule has 4 rings (SSSR count). The number of hydrogen-bond donors (Lipinski definition) is 4. The third kappa shape index (κ3) is 11.6. The first kappa shape index (κ1) is 36.9. The van der Waals surface area contributed by atoms with Crippen molar-refractivity contribution < 1.29 is 29.3 Å². The fourth-order valence-corrected chi connectivity index (χ4v) is 6.08. The average Bonchev–Trinajstić information content (AvgIpc) is 3.05. The number of carboxylic acids is 2. The fraction of sp³-hybridized carbons (Fsp3) is 0.341. The number of amides is 1. The zero-order chi connectivity index (χ0) is 35.6. The van der Waals surface area contributed by atoms with Gasteiger partial charge in [0.2, 0.25) is 0 Å². The standard InChI is InChI=1S/C41H48N2O6/c1-27(38(44)45)21-36(42)24-29-13-19-34(20-14-29)35-12-8-9-31(23-35)26-41(3,4)49-40(48)43-37(22-28(2)39(46)47)25-30-15-17-33(18-16-30)32-10-6-5-7-11-32/h5-20,23,27-28,36-37H,21-22,24-26,42H2,1-4H3,(H,43,48)(H,44,45)(H,46,47)/t27-,28-,36+,37?/m1/s1. The largest absolute Gasteiger partial charge is 0.481 e. The topological polar surface area (TPSA) is 139 Å². The van der Waals surface area contributed by atoms with Crippen molar-refractivity contribution in [1.82, 2.24) is 5.32 Å². The second kappa shape index (κ2) is 16.9. The molecule has 8 nitrogen and oxygen atoms in total. The van der Waals surface area contributed by atoms with Crippen molar-refractivity contribution in [3.8, 4) is 22.3 Å². The van der Waals surface area contributed by atoms with Crippen LogP contribution in [0.25, 0.3) is 22.3 Å². The van der Waals surface area contributed by atoms with Crippen LogP contribution in [-0.4, -0.2) is 45.9 Å². The van der Waals surface area contributed by atoms with E-state index in [1.165, 1.54) is 0 Å². The van der Waals surface area contributed by atoms with Gasteiger partial charge < -0.3 is 26.0 Å². The Balaban J connectivity index is 1.37. The summed E-state index contributed by atoms with van der Waals surface area (Å²) in [5, 5.41) is 21.7. The van der Waals surface area contributed by atoms with E-state index in [1.54, 1.807) is 13.8 Å². The van der Waals surface area contributed by atoms with Crippen LogP contribution in [-0.2, 0) is 33.6 Å². The lowest BCUT2D eigenvalue weighted by molar-refractivity contribution is -0.142. The Labute approximate surface area is 289 Å². The molecule has 49 heavy (non-hydrogen) atoms. The number of nitrogens with one attached hydrogen (secondary N) is 1. The predicted octanol–water partition coefficient (Wildman–Crippen LogP) is 7.77. The first-order valence-electron chi connectivity index (χ1n) is 16.8. The minimum Gasteiger partial charge on any atom is -0.481 e. The molecule has 258 valence electrons. The first-order chi connectivity index (χ1) is 23.3. The summed E-state index contributed by atoms with van der Waals surface area (Å²) in [7, 11) is 0. The number of carbonyl (C=O) groups excluding carboxylic acids is 1. The normalized spacial score (nSPS) is 13.9. The van der Waals surface area contributed by atoms with Crippen molar-refractivity contribution in [2.75, 3.05) is 0 Å². The fourth-order valence-electron chi connectivity index (χ4n) is 6.08. The van der Waals surface area contributed by atoms with Gasteiger partial charge in [-0.3, -0.25) is 9.59 Å². The van der Waals surface area contributed by atoms with E-state index in [0.717, 1.165) is 38.9 Å². The Kier molecular flexibility index (Phi) is 12.7. The van der Waals surface area contributed by atoms with Crippen LogP contribution in [0.4, 0.5) is 4.79 Å². The van der Waals surface area contributed by atoms with E-state index in [4.69, 9.17) is 15.6 Å². The summed E-state index contributed by atoms with van der Waals surface area (Å²) >= 11 is 0. The summed E-state index contributed by atoms with van der Waals surface area (Å²) in [5.74, 6) is -2.88. The smallest absolute Gasteiger partial charge is 0.407 e. The Morgan fingerprint density at radius 2 is 1.18 bits per heavy atom. The number of ether oxygens (including phenoxy) is 1. The summed E-state index contributed by atoms with van der Waals surface area (Å²) in [5.41, 5.74) is 12.6. The minimum absolute atomic E-state index is 0.234. The van der Waals surface area contributed by atoms with E-state index in [2.05, 4.69) is 11.4 Å². The molecule has 4 atom stereocenters. The van der Waals surface area contributed by atoms with Crippen LogP contribution >= 0.6 is 0 Å². The van der Waals surface area contributed by atoms with Crippen LogP contribution < -0.4 is 11.1 Å². The molecule has 0 saturated heterocycles. The van der Waals surface area contributed by atoms with Crippen LogP contribution in [0.1, 0.15) is 57.2 Å². The molecular formula is C41H48N2O6. The summed E-state index contributed by atoms with van der Waals surface area (Å²) in [6, 6.07) is 33.7. The molecule has 0 spiro atoms. The van der Waals surface area contributed by atoms with Gasteiger partial charge in [-0.25, -0.2) is 4.79 Å². The van der Waals surface area contributed by atoms with Gasteiger partial charge in [0.1, 0.15) is 5.60 Å². The molecule has 0 aliphatic rings. The number of nitrogens with two attached hydrogens (primary N) is 1. The van der Waals surface area contributed by atoms with Crippen LogP contribution in [0, 0.1) is 11.8 Å². The second-order valence-electron chi connectivity index (χ2n) is 13.7. The van der Waals surface area contributed by atoms with E-state index in [1.807, 2.05) is 111 Å². The lowest BCUT2D eigenvalue weighted by Gasteiger charge is -2.28. The summed E-state index contributed by atoms with van der Waals surface area (Å²) in [6.45, 7) is 7.03. The van der Waals surface area contributed by atoms with Gasteiger partial charge in [-0.2, -0.15) is 0 Å². The highest BCUT2D eigenvalue weighted by molar-refractivity contribution is 5.71. The van der Waals surface area contributed by atoms with Gasteiger partial charge >= 0.3 is 18.0 Å². The summed E-state index contributed by atoms with van der Waals surface area (Å²) in [6.07, 6.45) is 1.63. The number of alkyl carbamates (subject to hydrolysis) is 1. The number of rotatable bonds is 16. The summed E-state index contributed by atoms with van der Waals surface area (Å²) < 4.78 is 5.92. The molecule has 0 aromatic heterocycles. The zero-order valence-corrected chi connectivity index (χ0v) is 28.8. The number of carboxylic acid groups (broad SMARTS) is 2. The van der Waals surface area contributed by atoms with Crippen molar-refractivity contribution in [3.63, 3.8) is 0 Å². The van der Waals surface area contributed by atoms with Gasteiger partial charge in [0, 0.05) is 18.5 Å². The van der Waals surface area contributed by atoms with Crippen LogP contribution in [0.3, 0.4) is 0 Å². The molecule has 0 heterocycles. The third-order valence-electron chi connectivity index (χ3n) is 8.71. The van der Waals surface area contributed by atoms with Crippen molar-refractivity contribution >= 4 is 18.0 Å². The Morgan fingerprint density at radius 1 is 0.673 bits per heavy atom. The number of benzene rings is 4. The van der Waals surface area contributed by atoms with Crippen molar-refractivity contribution in [2.24, 2.45) is 17.6 Å². The van der Waals surface area contributed by atoms with Crippen molar-refractivity contribution in [2.45, 2.75) is 77.5 Å². The third-order valence-corrected chi connectivity index (χ3v) is 8.71. The van der Waals surface area contributed by atoms with Crippen molar-refractivity contribution in [3.05, 3.63) is 120 Å². The number of carbonyl (C=O) groups is 3. The number of hydrogen-bond acceptors (Lipinski definition) is 5.